The molecule has 0 bridgehead atoms. The van der Waals surface area contributed by atoms with Crippen molar-refractivity contribution >= 4 is 0 Å². The quantitative estimate of drug-likeness (QED) is 0.703. The molecule has 0 aliphatic carbocycles. The van der Waals surface area contributed by atoms with Gasteiger partial charge in [-0.05, 0) is 35.7 Å². The van der Waals surface area contributed by atoms with Crippen molar-refractivity contribution in [3.05, 3.63) is 59.5 Å². The van der Waals surface area contributed by atoms with E-state index in [9.17, 15) is 0 Å². The molecule has 6 nitrogen and oxygen atoms in total. The van der Waals surface area contributed by atoms with Crippen LogP contribution in [0.25, 0.3) is 11.4 Å². The molecule has 1 aliphatic rings. The van der Waals surface area contributed by atoms with Gasteiger partial charge in [-0.1, -0.05) is 29.4 Å². The third kappa shape index (κ3) is 3.28. The average Bonchev–Trinajstić information content (AvgIpc) is 3.15. The second-order valence-corrected chi connectivity index (χ2v) is 6.31. The van der Waals surface area contributed by atoms with Gasteiger partial charge in [-0.3, -0.25) is 4.90 Å². The van der Waals surface area contributed by atoms with Gasteiger partial charge in [0.2, 0.25) is 11.7 Å². The van der Waals surface area contributed by atoms with E-state index >= 15 is 0 Å². The number of hydrogen-bond acceptors (Lipinski definition) is 6. The normalized spacial score (nSPS) is 14.1. The topological polar surface area (TPSA) is 60.6 Å². The Kier molecular flexibility index (Phi) is 4.58. The van der Waals surface area contributed by atoms with Crippen LogP contribution in [0.3, 0.4) is 0 Å². The first-order valence-corrected chi connectivity index (χ1v) is 8.61. The molecule has 0 unspecified atom stereocenters. The molecule has 1 aromatic heterocycles. The van der Waals surface area contributed by atoms with Crippen molar-refractivity contribution in [2.45, 2.75) is 19.5 Å². The van der Waals surface area contributed by atoms with E-state index in [4.69, 9.17) is 14.0 Å². The lowest BCUT2D eigenvalue weighted by Crippen LogP contribution is -2.30. The van der Waals surface area contributed by atoms with Crippen molar-refractivity contribution < 1.29 is 14.0 Å². The van der Waals surface area contributed by atoms with Crippen LogP contribution >= 0.6 is 0 Å². The summed E-state index contributed by atoms with van der Waals surface area (Å²) in [4.78, 5) is 6.87. The average molecular weight is 351 g/mol. The first-order valence-electron chi connectivity index (χ1n) is 8.61. The largest absolute Gasteiger partial charge is 0.493 e. The summed E-state index contributed by atoms with van der Waals surface area (Å²) in [5, 5.41) is 4.12. The van der Waals surface area contributed by atoms with Crippen LogP contribution in [0.4, 0.5) is 0 Å². The summed E-state index contributed by atoms with van der Waals surface area (Å²) in [5.41, 5.74) is 3.64. The fourth-order valence-corrected chi connectivity index (χ4v) is 3.29. The predicted molar refractivity (Wildman–Crippen MR) is 97.1 cm³/mol. The molecule has 0 amide bonds. The maximum Gasteiger partial charge on any atom is 0.241 e. The molecule has 0 saturated heterocycles. The van der Waals surface area contributed by atoms with Crippen molar-refractivity contribution in [2.24, 2.45) is 0 Å². The highest BCUT2D eigenvalue weighted by Gasteiger charge is 2.19. The molecule has 1 aliphatic heterocycles. The molecule has 0 atom stereocenters. The molecule has 0 fully saturated rings. The van der Waals surface area contributed by atoms with Crippen LogP contribution < -0.4 is 9.47 Å². The van der Waals surface area contributed by atoms with Gasteiger partial charge in [-0.25, -0.2) is 0 Å². The minimum Gasteiger partial charge on any atom is -0.493 e. The van der Waals surface area contributed by atoms with E-state index in [0.29, 0.717) is 29.8 Å². The van der Waals surface area contributed by atoms with E-state index in [2.05, 4.69) is 39.3 Å². The van der Waals surface area contributed by atoms with Crippen LogP contribution in [-0.4, -0.2) is 35.8 Å². The summed E-state index contributed by atoms with van der Waals surface area (Å²) in [6.07, 6.45) is 1.05. The summed E-state index contributed by atoms with van der Waals surface area (Å²) in [6, 6.07) is 14.2. The van der Waals surface area contributed by atoms with Gasteiger partial charge in [0.15, 0.2) is 11.5 Å². The molecule has 0 spiro atoms. The van der Waals surface area contributed by atoms with Gasteiger partial charge in [0.05, 0.1) is 20.8 Å². The first kappa shape index (κ1) is 16.6. The van der Waals surface area contributed by atoms with Crippen LogP contribution in [0, 0.1) is 0 Å². The third-order valence-electron chi connectivity index (χ3n) is 4.68. The number of benzene rings is 2. The highest BCUT2D eigenvalue weighted by Crippen LogP contribution is 2.31. The Morgan fingerprint density at radius 1 is 1.04 bits per heavy atom. The van der Waals surface area contributed by atoms with Gasteiger partial charge in [0.25, 0.3) is 0 Å². The van der Waals surface area contributed by atoms with Crippen LogP contribution in [0.15, 0.2) is 47.0 Å². The van der Waals surface area contributed by atoms with Gasteiger partial charge in [0.1, 0.15) is 0 Å². The summed E-state index contributed by atoms with van der Waals surface area (Å²) < 4.78 is 16.1. The van der Waals surface area contributed by atoms with Crippen molar-refractivity contribution in [3.8, 4) is 22.9 Å². The zero-order chi connectivity index (χ0) is 17.9. The lowest BCUT2D eigenvalue weighted by molar-refractivity contribution is 0.210. The molecule has 134 valence electrons. The summed E-state index contributed by atoms with van der Waals surface area (Å²) in [6.45, 7) is 2.55. The Morgan fingerprint density at radius 2 is 1.85 bits per heavy atom. The Bertz CT molecular complexity index is 907. The monoisotopic (exact) mass is 351 g/mol. The third-order valence-corrected chi connectivity index (χ3v) is 4.68. The molecule has 0 N–H and O–H groups in total. The van der Waals surface area contributed by atoms with E-state index in [1.807, 2.05) is 18.2 Å². The molecule has 4 rings (SSSR count). The smallest absolute Gasteiger partial charge is 0.241 e. The van der Waals surface area contributed by atoms with Gasteiger partial charge < -0.3 is 14.0 Å². The molecule has 2 heterocycles. The second-order valence-electron chi connectivity index (χ2n) is 6.31. The van der Waals surface area contributed by atoms with Crippen LogP contribution in [0.1, 0.15) is 17.0 Å². The number of methoxy groups -OCH3 is 2. The van der Waals surface area contributed by atoms with Crippen molar-refractivity contribution in [1.82, 2.24) is 15.0 Å². The van der Waals surface area contributed by atoms with E-state index in [0.717, 1.165) is 25.1 Å². The molecule has 0 radical (unpaired) electrons. The van der Waals surface area contributed by atoms with Gasteiger partial charge in [-0.15, -0.1) is 0 Å². The van der Waals surface area contributed by atoms with E-state index < -0.39 is 0 Å². The minimum atomic E-state index is 0.554. The number of hydrogen-bond donors (Lipinski definition) is 0. The maximum absolute atomic E-state index is 5.47. The zero-order valence-corrected chi connectivity index (χ0v) is 14.9. The van der Waals surface area contributed by atoms with E-state index in [-0.39, 0.29) is 0 Å². The molecule has 2 aromatic carbocycles. The van der Waals surface area contributed by atoms with Gasteiger partial charge >= 0.3 is 0 Å². The number of nitrogens with zero attached hydrogens (tertiary/aromatic N) is 3. The highest BCUT2D eigenvalue weighted by atomic mass is 16.5. The molecular formula is C20H21N3O3. The summed E-state index contributed by atoms with van der Waals surface area (Å²) in [5.74, 6) is 2.49. The molecule has 0 saturated carbocycles. The highest BCUT2D eigenvalue weighted by molar-refractivity contribution is 5.60. The fourth-order valence-electron chi connectivity index (χ4n) is 3.29. The Hall–Kier alpha value is -2.86. The fraction of sp³-hybridized carbons (Fsp3) is 0.300. The Balaban J connectivity index is 1.49. The Morgan fingerprint density at radius 3 is 2.65 bits per heavy atom. The first-order chi connectivity index (χ1) is 12.8. The van der Waals surface area contributed by atoms with Gasteiger partial charge in [0, 0.05) is 18.7 Å². The zero-order valence-electron chi connectivity index (χ0n) is 14.9. The molecule has 26 heavy (non-hydrogen) atoms. The van der Waals surface area contributed by atoms with Crippen LogP contribution in [0.5, 0.6) is 11.5 Å². The van der Waals surface area contributed by atoms with E-state index in [1.165, 1.54) is 11.1 Å². The number of aromatic nitrogens is 2. The predicted octanol–water partition coefficient (Wildman–Crippen LogP) is 3.31. The van der Waals surface area contributed by atoms with Gasteiger partial charge in [-0.2, -0.15) is 4.98 Å². The van der Waals surface area contributed by atoms with Crippen molar-refractivity contribution in [1.29, 1.82) is 0 Å². The summed E-state index contributed by atoms with van der Waals surface area (Å²) in [7, 11) is 3.22. The molecule has 6 heteroatoms. The lowest BCUT2D eigenvalue weighted by atomic mass is 10.00. The maximum atomic E-state index is 5.47. The van der Waals surface area contributed by atoms with Crippen molar-refractivity contribution in [3.63, 3.8) is 0 Å². The second kappa shape index (κ2) is 7.17. The number of fused-ring (bicyclic) bond motifs is 1. The molecular weight excluding hydrogens is 330 g/mol. The standard InChI is InChI=1S/C20H21N3O3/c1-24-17-8-7-15(11-18(17)25-2)20-21-19(26-22-20)13-23-10-9-14-5-3-4-6-16(14)12-23/h3-8,11H,9-10,12-13H2,1-2H3. The van der Waals surface area contributed by atoms with E-state index in [1.54, 1.807) is 14.2 Å². The summed E-state index contributed by atoms with van der Waals surface area (Å²) >= 11 is 0. The van der Waals surface area contributed by atoms with Crippen molar-refractivity contribution in [2.75, 3.05) is 20.8 Å². The minimum absolute atomic E-state index is 0.554. The lowest BCUT2D eigenvalue weighted by Gasteiger charge is -2.27. The number of ether oxygens (including phenoxy) is 2. The van der Waals surface area contributed by atoms with Crippen LogP contribution in [-0.2, 0) is 19.5 Å². The Labute approximate surface area is 152 Å². The SMILES string of the molecule is COc1ccc(-c2noc(CN3CCc4ccccc4C3)n2)cc1OC. The van der Waals surface area contributed by atoms with Crippen LogP contribution in [0.2, 0.25) is 0 Å². The molecule has 3 aromatic rings. The number of rotatable bonds is 5.